The van der Waals surface area contributed by atoms with Crippen LogP contribution in [0.3, 0.4) is 0 Å². The Hall–Kier alpha value is -1.59. The van der Waals surface area contributed by atoms with E-state index in [4.69, 9.17) is 9.47 Å². The summed E-state index contributed by atoms with van der Waals surface area (Å²) in [5.41, 5.74) is 0. The number of carbonyl (C=O) groups excluding carboxylic acids is 1. The van der Waals surface area contributed by atoms with Gasteiger partial charge in [-0.1, -0.05) is 333 Å². The molecular weight excluding hydrogens is 1010 g/mol. The molecule has 0 aromatic heterocycles. The van der Waals surface area contributed by atoms with E-state index < -0.39 is 49.5 Å². The standard InChI is InChI=1S/C72H137NO8/c1-3-5-7-9-11-13-15-17-19-21-23-24-25-26-27-28-29-30-31-32-33-34-35-36-37-38-39-40-41-42-44-46-48-50-52-54-56-58-60-62-68(76)73-65(64-80-72-71(79)70(78)69(77)67(63-74)81-72)66(75)61-59-57-55-53-51-49-47-45-43-22-20-18-16-14-12-10-8-6-4-2/h32-33,51,53,59,61,65-67,69-72,74-75,77-79H,3-31,34-50,52,54-58,60,62-64H2,1-2H3,(H,73,76)/b33-32-,53-51+,61-59+. The first kappa shape index (κ1) is 77.4. The summed E-state index contributed by atoms with van der Waals surface area (Å²) in [5.74, 6) is -0.180. The molecule has 1 saturated heterocycles. The van der Waals surface area contributed by atoms with Crippen molar-refractivity contribution in [3.63, 3.8) is 0 Å². The summed E-state index contributed by atoms with van der Waals surface area (Å²) in [5, 5.41) is 54.7. The van der Waals surface area contributed by atoms with E-state index in [0.717, 1.165) is 38.5 Å². The van der Waals surface area contributed by atoms with Gasteiger partial charge >= 0.3 is 0 Å². The Labute approximate surface area is 501 Å². The van der Waals surface area contributed by atoms with Crippen molar-refractivity contribution >= 4 is 5.91 Å². The smallest absolute Gasteiger partial charge is 0.220 e. The average molecular weight is 1140 g/mol. The topological polar surface area (TPSA) is 149 Å². The van der Waals surface area contributed by atoms with Crippen LogP contribution in [0, 0.1) is 0 Å². The van der Waals surface area contributed by atoms with Crippen LogP contribution in [0.4, 0.5) is 0 Å². The normalized spacial score (nSPS) is 18.5. The third kappa shape index (κ3) is 50.3. The van der Waals surface area contributed by atoms with Crippen molar-refractivity contribution < 1.29 is 39.8 Å². The zero-order valence-corrected chi connectivity index (χ0v) is 53.6. The Balaban J connectivity index is 2.06. The van der Waals surface area contributed by atoms with Crippen LogP contribution in [0.1, 0.15) is 361 Å². The highest BCUT2D eigenvalue weighted by atomic mass is 16.7. The Morgan fingerprint density at radius 2 is 0.704 bits per heavy atom. The molecule has 7 unspecified atom stereocenters. The van der Waals surface area contributed by atoms with Gasteiger partial charge in [-0.15, -0.1) is 0 Å². The van der Waals surface area contributed by atoms with Gasteiger partial charge in [-0.05, 0) is 57.8 Å². The van der Waals surface area contributed by atoms with Crippen molar-refractivity contribution in [1.82, 2.24) is 5.32 Å². The lowest BCUT2D eigenvalue weighted by molar-refractivity contribution is -0.302. The molecular formula is C72H137NO8. The monoisotopic (exact) mass is 1140 g/mol. The number of rotatable bonds is 63. The van der Waals surface area contributed by atoms with Crippen molar-refractivity contribution in [3.05, 3.63) is 36.5 Å². The predicted octanol–water partition coefficient (Wildman–Crippen LogP) is 19.4. The minimum atomic E-state index is -1.57. The number of aliphatic hydroxyl groups excluding tert-OH is 5. The second-order valence-corrected chi connectivity index (χ2v) is 25.0. The van der Waals surface area contributed by atoms with E-state index in [1.165, 1.54) is 302 Å². The summed E-state index contributed by atoms with van der Waals surface area (Å²) in [7, 11) is 0. The van der Waals surface area contributed by atoms with Gasteiger partial charge in [0.25, 0.3) is 0 Å². The molecule has 9 nitrogen and oxygen atoms in total. The van der Waals surface area contributed by atoms with E-state index in [9.17, 15) is 30.3 Å². The van der Waals surface area contributed by atoms with Crippen molar-refractivity contribution in [2.24, 2.45) is 0 Å². The molecule has 0 aromatic carbocycles. The highest BCUT2D eigenvalue weighted by Crippen LogP contribution is 2.23. The van der Waals surface area contributed by atoms with Gasteiger partial charge in [0.05, 0.1) is 25.4 Å². The molecule has 0 spiro atoms. The van der Waals surface area contributed by atoms with E-state index in [-0.39, 0.29) is 12.5 Å². The fraction of sp³-hybridized carbons (Fsp3) is 0.903. The van der Waals surface area contributed by atoms with E-state index >= 15 is 0 Å². The van der Waals surface area contributed by atoms with Crippen LogP contribution in [0.2, 0.25) is 0 Å². The Kier molecular flexibility index (Phi) is 58.8. The van der Waals surface area contributed by atoms with Crippen LogP contribution < -0.4 is 5.32 Å². The SMILES string of the molecule is CCCCCCCCCCCCCCC/C=C/CC/C=C/C(O)C(COC1OC(CO)C(O)C(O)C1O)NC(=O)CCCCCCCCCCCCCCCCCCC/C=C\CCCCCCCCCCCCCCCCCCCC. The van der Waals surface area contributed by atoms with Gasteiger partial charge in [0.2, 0.25) is 5.91 Å². The van der Waals surface area contributed by atoms with Crippen LogP contribution in [0.15, 0.2) is 36.5 Å². The number of allylic oxidation sites excluding steroid dienone is 5. The molecule has 0 aliphatic carbocycles. The number of ether oxygens (including phenoxy) is 2. The molecule has 81 heavy (non-hydrogen) atoms. The third-order valence-corrected chi connectivity index (χ3v) is 17.2. The van der Waals surface area contributed by atoms with E-state index in [1.54, 1.807) is 6.08 Å². The third-order valence-electron chi connectivity index (χ3n) is 17.2. The van der Waals surface area contributed by atoms with Crippen LogP contribution in [0.5, 0.6) is 0 Å². The summed E-state index contributed by atoms with van der Waals surface area (Å²) in [4.78, 5) is 13.1. The first-order chi connectivity index (χ1) is 39.8. The highest BCUT2D eigenvalue weighted by Gasteiger charge is 2.44. The molecule has 1 aliphatic heterocycles. The van der Waals surface area contributed by atoms with Gasteiger partial charge < -0.3 is 40.3 Å². The van der Waals surface area contributed by atoms with Crippen LogP contribution in [0.25, 0.3) is 0 Å². The van der Waals surface area contributed by atoms with E-state index in [1.807, 2.05) is 6.08 Å². The van der Waals surface area contributed by atoms with Gasteiger partial charge in [0.15, 0.2) is 6.29 Å². The fourth-order valence-electron chi connectivity index (χ4n) is 11.6. The highest BCUT2D eigenvalue weighted by molar-refractivity contribution is 5.76. The maximum atomic E-state index is 13.1. The lowest BCUT2D eigenvalue weighted by atomic mass is 9.99. The Bertz CT molecular complexity index is 1370. The lowest BCUT2D eigenvalue weighted by Crippen LogP contribution is -2.60. The van der Waals surface area contributed by atoms with Crippen molar-refractivity contribution in [1.29, 1.82) is 0 Å². The lowest BCUT2D eigenvalue weighted by Gasteiger charge is -2.40. The molecule has 1 amide bonds. The molecule has 7 atom stereocenters. The van der Waals surface area contributed by atoms with Crippen molar-refractivity contribution in [3.8, 4) is 0 Å². The number of hydrogen-bond acceptors (Lipinski definition) is 8. The second kappa shape index (κ2) is 61.5. The molecule has 0 aromatic rings. The van der Waals surface area contributed by atoms with Crippen molar-refractivity contribution in [2.45, 2.75) is 403 Å². The average Bonchev–Trinajstić information content (AvgIpc) is 3.51. The number of amides is 1. The van der Waals surface area contributed by atoms with Crippen LogP contribution >= 0.6 is 0 Å². The summed E-state index contributed by atoms with van der Waals surface area (Å²) < 4.78 is 11.3. The number of aliphatic hydroxyl groups is 5. The zero-order chi connectivity index (χ0) is 58.6. The largest absolute Gasteiger partial charge is 0.394 e. The van der Waals surface area contributed by atoms with E-state index in [0.29, 0.717) is 6.42 Å². The molecule has 9 heteroatoms. The molecule has 1 aliphatic rings. The molecule has 6 N–H and O–H groups in total. The van der Waals surface area contributed by atoms with Gasteiger partial charge in [0.1, 0.15) is 24.4 Å². The number of unbranched alkanes of at least 4 members (excludes halogenated alkanes) is 49. The summed E-state index contributed by atoms with van der Waals surface area (Å²) in [6.07, 6.45) is 75.6. The Morgan fingerprint density at radius 3 is 1.04 bits per heavy atom. The molecule has 1 heterocycles. The summed E-state index contributed by atoms with van der Waals surface area (Å²) >= 11 is 0. The molecule has 0 radical (unpaired) electrons. The molecule has 0 saturated carbocycles. The fourth-order valence-corrected chi connectivity index (χ4v) is 11.6. The molecule has 1 rings (SSSR count). The number of hydrogen-bond donors (Lipinski definition) is 6. The van der Waals surface area contributed by atoms with Crippen LogP contribution in [-0.2, 0) is 14.3 Å². The van der Waals surface area contributed by atoms with Gasteiger partial charge in [-0.3, -0.25) is 4.79 Å². The quantitative estimate of drug-likeness (QED) is 0.0261. The maximum absolute atomic E-state index is 13.1. The number of carbonyl (C=O) groups is 1. The van der Waals surface area contributed by atoms with Crippen LogP contribution in [-0.4, -0.2) is 87.5 Å². The summed E-state index contributed by atoms with van der Waals surface area (Å²) in [6.45, 7) is 3.81. The number of nitrogens with one attached hydrogen (secondary N) is 1. The predicted molar refractivity (Wildman–Crippen MR) is 346 cm³/mol. The first-order valence-corrected chi connectivity index (χ1v) is 35.7. The summed E-state index contributed by atoms with van der Waals surface area (Å²) in [6, 6.07) is -0.821. The zero-order valence-electron chi connectivity index (χ0n) is 53.6. The second-order valence-electron chi connectivity index (χ2n) is 25.0. The maximum Gasteiger partial charge on any atom is 0.220 e. The molecule has 478 valence electrons. The van der Waals surface area contributed by atoms with Gasteiger partial charge in [0, 0.05) is 6.42 Å². The van der Waals surface area contributed by atoms with Gasteiger partial charge in [-0.2, -0.15) is 0 Å². The van der Waals surface area contributed by atoms with Gasteiger partial charge in [-0.25, -0.2) is 0 Å². The first-order valence-electron chi connectivity index (χ1n) is 35.7. The minimum absolute atomic E-state index is 0.180. The molecule has 0 bridgehead atoms. The van der Waals surface area contributed by atoms with Crippen molar-refractivity contribution in [2.75, 3.05) is 13.2 Å². The Morgan fingerprint density at radius 1 is 0.407 bits per heavy atom. The van der Waals surface area contributed by atoms with E-state index in [2.05, 4.69) is 43.5 Å². The minimum Gasteiger partial charge on any atom is -0.394 e. The molecule has 1 fully saturated rings.